The molecule has 92 valence electrons. The van der Waals surface area contributed by atoms with Crippen LogP contribution in [-0.2, 0) is 25.5 Å². The van der Waals surface area contributed by atoms with Crippen LogP contribution in [0.5, 0.6) is 0 Å². The largest absolute Gasteiger partial charge is 0.468 e. The second kappa shape index (κ2) is 6.34. The zero-order valence-corrected chi connectivity index (χ0v) is 11.1. The van der Waals surface area contributed by atoms with Gasteiger partial charge in [-0.05, 0) is 34.0 Å². The fourth-order valence-electron chi connectivity index (χ4n) is 1.35. The molecule has 0 aliphatic carbocycles. The molecule has 6 heteroatoms. The summed E-state index contributed by atoms with van der Waals surface area (Å²) in [6, 6.07) is 1.78. The van der Waals surface area contributed by atoms with Crippen molar-refractivity contribution < 1.29 is 19.1 Å². The summed E-state index contributed by atoms with van der Waals surface area (Å²) in [5.41, 5.74) is 0.750. The van der Waals surface area contributed by atoms with E-state index in [4.69, 9.17) is 0 Å². The zero-order chi connectivity index (χ0) is 12.8. The number of methoxy groups -OCH3 is 2. The first-order chi connectivity index (χ1) is 8.08. The Morgan fingerprint density at radius 3 is 2.35 bits per heavy atom. The summed E-state index contributed by atoms with van der Waals surface area (Å²) in [7, 11) is 2.47. The topological polar surface area (TPSA) is 65.5 Å². The molecule has 0 amide bonds. The van der Waals surface area contributed by atoms with Gasteiger partial charge in [0.15, 0.2) is 5.92 Å². The number of nitrogens with zero attached hydrogens (tertiary/aromatic N) is 1. The van der Waals surface area contributed by atoms with E-state index in [-0.39, 0.29) is 6.42 Å². The first kappa shape index (κ1) is 13.6. The number of carbonyl (C=O) groups is 2. The molecule has 0 saturated heterocycles. The second-order valence-corrected chi connectivity index (χ2v) is 4.23. The summed E-state index contributed by atoms with van der Waals surface area (Å²) < 4.78 is 9.91. The molecule has 0 radical (unpaired) electrons. The molecular weight excluding hydrogens is 290 g/mol. The molecule has 0 atom stereocenters. The van der Waals surface area contributed by atoms with Crippen LogP contribution in [0, 0.1) is 5.92 Å². The van der Waals surface area contributed by atoms with Gasteiger partial charge in [0, 0.05) is 16.9 Å². The SMILES string of the molecule is COC(=O)C(Cc1cncc(Br)c1)C(=O)OC. The standard InChI is InChI=1S/C11H12BrNO4/c1-16-10(14)9(11(15)17-2)4-7-3-8(12)6-13-5-7/h3,5-6,9H,4H2,1-2H3. The van der Waals surface area contributed by atoms with E-state index in [0.717, 1.165) is 10.0 Å². The summed E-state index contributed by atoms with van der Waals surface area (Å²) >= 11 is 3.27. The number of hydrogen-bond acceptors (Lipinski definition) is 5. The van der Waals surface area contributed by atoms with Gasteiger partial charge in [0.2, 0.25) is 0 Å². The van der Waals surface area contributed by atoms with Crippen molar-refractivity contribution in [2.24, 2.45) is 5.92 Å². The Balaban J connectivity index is 2.86. The van der Waals surface area contributed by atoms with Crippen LogP contribution in [0.15, 0.2) is 22.9 Å². The van der Waals surface area contributed by atoms with Crippen LogP contribution in [0.3, 0.4) is 0 Å². The molecular formula is C11H12BrNO4. The van der Waals surface area contributed by atoms with Crippen LogP contribution in [0.25, 0.3) is 0 Å². The quantitative estimate of drug-likeness (QED) is 0.620. The Labute approximate surface area is 107 Å². The normalized spacial score (nSPS) is 10.1. The van der Waals surface area contributed by atoms with Crippen molar-refractivity contribution in [3.63, 3.8) is 0 Å². The minimum Gasteiger partial charge on any atom is -0.468 e. The lowest BCUT2D eigenvalue weighted by atomic mass is 10.0. The van der Waals surface area contributed by atoms with Crippen LogP contribution in [0.4, 0.5) is 0 Å². The van der Waals surface area contributed by atoms with Crippen LogP contribution in [0.2, 0.25) is 0 Å². The van der Waals surface area contributed by atoms with Crippen LogP contribution < -0.4 is 0 Å². The van der Waals surface area contributed by atoms with Gasteiger partial charge in [0.05, 0.1) is 14.2 Å². The maximum atomic E-state index is 11.4. The number of halogens is 1. The highest BCUT2D eigenvalue weighted by Gasteiger charge is 2.28. The van der Waals surface area contributed by atoms with Gasteiger partial charge in [-0.25, -0.2) is 0 Å². The first-order valence-electron chi connectivity index (χ1n) is 4.83. The summed E-state index contributed by atoms with van der Waals surface area (Å²) in [5.74, 6) is -2.19. The second-order valence-electron chi connectivity index (χ2n) is 3.31. The molecule has 0 fully saturated rings. The molecule has 1 rings (SSSR count). The van der Waals surface area contributed by atoms with Gasteiger partial charge in [-0.2, -0.15) is 0 Å². The van der Waals surface area contributed by atoms with Gasteiger partial charge in [0.25, 0.3) is 0 Å². The van der Waals surface area contributed by atoms with Crippen molar-refractivity contribution in [3.8, 4) is 0 Å². The number of rotatable bonds is 4. The molecule has 0 N–H and O–H groups in total. The van der Waals surface area contributed by atoms with E-state index in [9.17, 15) is 9.59 Å². The van der Waals surface area contributed by atoms with Crippen LogP contribution >= 0.6 is 15.9 Å². The number of carbonyl (C=O) groups excluding carboxylic acids is 2. The Kier molecular flexibility index (Phi) is 5.09. The lowest BCUT2D eigenvalue weighted by Crippen LogP contribution is -2.28. The molecule has 0 aliphatic heterocycles. The number of hydrogen-bond donors (Lipinski definition) is 0. The highest BCUT2D eigenvalue weighted by Crippen LogP contribution is 2.15. The minimum atomic E-state index is -0.957. The van der Waals surface area contributed by atoms with Gasteiger partial charge in [-0.1, -0.05) is 0 Å². The molecule has 1 aromatic heterocycles. The van der Waals surface area contributed by atoms with Gasteiger partial charge < -0.3 is 9.47 Å². The number of ether oxygens (including phenoxy) is 2. The van der Waals surface area contributed by atoms with Crippen molar-refractivity contribution in [1.82, 2.24) is 4.98 Å². The van der Waals surface area contributed by atoms with Crippen molar-refractivity contribution >= 4 is 27.9 Å². The van der Waals surface area contributed by atoms with Crippen molar-refractivity contribution in [1.29, 1.82) is 0 Å². The third-order valence-electron chi connectivity index (χ3n) is 2.17. The molecule has 5 nitrogen and oxygen atoms in total. The number of aromatic nitrogens is 1. The van der Waals surface area contributed by atoms with Gasteiger partial charge in [0.1, 0.15) is 0 Å². The average Bonchev–Trinajstić information content (AvgIpc) is 2.34. The Morgan fingerprint density at radius 2 is 1.88 bits per heavy atom. The lowest BCUT2D eigenvalue weighted by molar-refractivity contribution is -0.158. The Hall–Kier alpha value is -1.43. The minimum absolute atomic E-state index is 0.200. The van der Waals surface area contributed by atoms with Gasteiger partial charge >= 0.3 is 11.9 Å². The molecule has 1 heterocycles. The van der Waals surface area contributed by atoms with E-state index in [0.29, 0.717) is 0 Å². The Bertz CT molecular complexity index is 406. The highest BCUT2D eigenvalue weighted by molar-refractivity contribution is 9.10. The number of esters is 2. The molecule has 17 heavy (non-hydrogen) atoms. The smallest absolute Gasteiger partial charge is 0.320 e. The first-order valence-corrected chi connectivity index (χ1v) is 5.63. The fraction of sp³-hybridized carbons (Fsp3) is 0.364. The van der Waals surface area contributed by atoms with E-state index in [1.807, 2.05) is 0 Å². The van der Waals surface area contributed by atoms with E-state index >= 15 is 0 Å². The molecule has 0 bridgehead atoms. The van der Waals surface area contributed by atoms with Crippen LogP contribution in [-0.4, -0.2) is 31.1 Å². The Morgan fingerprint density at radius 1 is 1.29 bits per heavy atom. The highest BCUT2D eigenvalue weighted by atomic mass is 79.9. The molecule has 0 unspecified atom stereocenters. The molecule has 0 spiro atoms. The van der Waals surface area contributed by atoms with Gasteiger partial charge in [-0.3, -0.25) is 14.6 Å². The summed E-state index contributed by atoms with van der Waals surface area (Å²) in [6.45, 7) is 0. The molecule has 0 aliphatic rings. The third kappa shape index (κ3) is 3.81. The number of pyridine rings is 1. The average molecular weight is 302 g/mol. The van der Waals surface area contributed by atoms with E-state index in [2.05, 4.69) is 30.4 Å². The predicted molar refractivity (Wildman–Crippen MR) is 63.2 cm³/mol. The fourth-order valence-corrected chi connectivity index (χ4v) is 1.76. The van der Waals surface area contributed by atoms with E-state index in [1.54, 1.807) is 18.5 Å². The van der Waals surface area contributed by atoms with E-state index in [1.165, 1.54) is 14.2 Å². The van der Waals surface area contributed by atoms with Crippen molar-refractivity contribution in [3.05, 3.63) is 28.5 Å². The molecule has 0 aromatic carbocycles. The maximum Gasteiger partial charge on any atom is 0.320 e. The predicted octanol–water partition coefficient (Wildman–Crippen LogP) is 1.35. The molecule has 1 aromatic rings. The van der Waals surface area contributed by atoms with Crippen molar-refractivity contribution in [2.75, 3.05) is 14.2 Å². The summed E-state index contributed by atoms with van der Waals surface area (Å²) in [6.07, 6.45) is 3.41. The van der Waals surface area contributed by atoms with Crippen molar-refractivity contribution in [2.45, 2.75) is 6.42 Å². The third-order valence-corrected chi connectivity index (χ3v) is 2.61. The summed E-state index contributed by atoms with van der Waals surface area (Å²) in [4.78, 5) is 26.8. The zero-order valence-electron chi connectivity index (χ0n) is 9.47. The maximum absolute atomic E-state index is 11.4. The lowest BCUT2D eigenvalue weighted by Gasteiger charge is -2.12. The van der Waals surface area contributed by atoms with E-state index < -0.39 is 17.9 Å². The van der Waals surface area contributed by atoms with Gasteiger partial charge in [-0.15, -0.1) is 0 Å². The summed E-state index contributed by atoms with van der Waals surface area (Å²) in [5, 5.41) is 0. The van der Waals surface area contributed by atoms with Crippen LogP contribution in [0.1, 0.15) is 5.56 Å². The monoisotopic (exact) mass is 301 g/mol. The molecule has 0 saturated carbocycles.